The number of likely N-dealkylation sites (N-methyl/N-ethyl adjacent to an activating group) is 1. The van der Waals surface area contributed by atoms with Gasteiger partial charge in [0.25, 0.3) is 5.91 Å². The summed E-state index contributed by atoms with van der Waals surface area (Å²) in [5, 5.41) is 0. The van der Waals surface area contributed by atoms with Crippen LogP contribution in [0.4, 0.5) is 0 Å². The van der Waals surface area contributed by atoms with Gasteiger partial charge in [-0.1, -0.05) is 24.0 Å². The highest BCUT2D eigenvalue weighted by Crippen LogP contribution is 2.21. The van der Waals surface area contributed by atoms with Crippen LogP contribution >= 0.6 is 0 Å². The third kappa shape index (κ3) is 3.01. The van der Waals surface area contributed by atoms with Crippen molar-refractivity contribution in [3.8, 4) is 11.8 Å². The summed E-state index contributed by atoms with van der Waals surface area (Å²) in [5.74, 6) is 5.74. The van der Waals surface area contributed by atoms with Gasteiger partial charge in [-0.25, -0.2) is 0 Å². The Morgan fingerprint density at radius 3 is 2.90 bits per heavy atom. The number of ether oxygens (including phenoxy) is 1. The second kappa shape index (κ2) is 6.56. The van der Waals surface area contributed by atoms with Crippen molar-refractivity contribution in [3.05, 3.63) is 35.4 Å². The largest absolute Gasteiger partial charge is 0.376 e. The molecule has 2 unspecified atom stereocenters. The van der Waals surface area contributed by atoms with Gasteiger partial charge in [-0.2, -0.15) is 0 Å². The van der Waals surface area contributed by atoms with Crippen molar-refractivity contribution < 1.29 is 9.53 Å². The molecule has 2 N–H and O–H groups in total. The fraction of sp³-hybridized carbons (Fsp3) is 0.438. The van der Waals surface area contributed by atoms with Crippen LogP contribution in [0.25, 0.3) is 0 Å². The van der Waals surface area contributed by atoms with Crippen LogP contribution in [0.3, 0.4) is 0 Å². The van der Waals surface area contributed by atoms with E-state index in [2.05, 4.69) is 11.8 Å². The first kappa shape index (κ1) is 14.6. The number of benzene rings is 1. The highest BCUT2D eigenvalue weighted by Gasteiger charge is 2.31. The first-order chi connectivity index (χ1) is 9.65. The predicted molar refractivity (Wildman–Crippen MR) is 78.3 cm³/mol. The molecule has 1 amide bonds. The minimum atomic E-state index is -0.0192. The van der Waals surface area contributed by atoms with E-state index in [0.29, 0.717) is 12.2 Å². The Labute approximate surface area is 119 Å². The minimum Gasteiger partial charge on any atom is -0.376 e. The molecule has 1 aliphatic rings. The lowest BCUT2D eigenvalue weighted by Gasteiger charge is -2.27. The summed E-state index contributed by atoms with van der Waals surface area (Å²) in [4.78, 5) is 14.4. The molecule has 1 saturated heterocycles. The summed E-state index contributed by atoms with van der Waals surface area (Å²) in [5.41, 5.74) is 6.74. The topological polar surface area (TPSA) is 55.6 Å². The van der Waals surface area contributed by atoms with Gasteiger partial charge in [0.1, 0.15) is 0 Å². The van der Waals surface area contributed by atoms with E-state index in [1.54, 1.807) is 11.0 Å². The van der Waals surface area contributed by atoms with E-state index in [4.69, 9.17) is 10.5 Å². The van der Waals surface area contributed by atoms with E-state index in [-0.39, 0.29) is 24.6 Å². The number of carbonyl (C=O) groups excluding carboxylic acids is 1. The first-order valence-corrected chi connectivity index (χ1v) is 6.82. The molecule has 1 aliphatic heterocycles. The van der Waals surface area contributed by atoms with Crippen LogP contribution in [0.1, 0.15) is 29.3 Å². The van der Waals surface area contributed by atoms with Gasteiger partial charge in [-0.15, -0.1) is 0 Å². The number of nitrogens with zero attached hydrogens (tertiary/aromatic N) is 1. The summed E-state index contributed by atoms with van der Waals surface area (Å²) in [6, 6.07) is 7.50. The summed E-state index contributed by atoms with van der Waals surface area (Å²) in [6.07, 6.45) is 0.950. The number of rotatable bonds is 2. The maximum Gasteiger partial charge on any atom is 0.255 e. The molecule has 106 valence electrons. The molecule has 0 bridgehead atoms. The fourth-order valence-electron chi connectivity index (χ4n) is 2.49. The second-order valence-corrected chi connectivity index (χ2v) is 4.90. The summed E-state index contributed by atoms with van der Waals surface area (Å²) < 4.78 is 5.53. The van der Waals surface area contributed by atoms with Crippen molar-refractivity contribution in [1.29, 1.82) is 0 Å². The average Bonchev–Trinajstić information content (AvgIpc) is 2.90. The van der Waals surface area contributed by atoms with Crippen molar-refractivity contribution in [1.82, 2.24) is 4.90 Å². The highest BCUT2D eigenvalue weighted by atomic mass is 16.5. The van der Waals surface area contributed by atoms with E-state index in [1.807, 2.05) is 32.2 Å². The quantitative estimate of drug-likeness (QED) is 0.824. The van der Waals surface area contributed by atoms with Crippen LogP contribution in [0.5, 0.6) is 0 Å². The van der Waals surface area contributed by atoms with E-state index in [0.717, 1.165) is 12.0 Å². The van der Waals surface area contributed by atoms with Gasteiger partial charge < -0.3 is 15.4 Å². The number of carbonyl (C=O) groups is 1. The molecule has 4 heteroatoms. The highest BCUT2D eigenvalue weighted by molar-refractivity contribution is 5.96. The monoisotopic (exact) mass is 272 g/mol. The Hall–Kier alpha value is -1.83. The lowest BCUT2D eigenvalue weighted by Crippen LogP contribution is -2.41. The maximum atomic E-state index is 12.6. The van der Waals surface area contributed by atoms with Gasteiger partial charge in [0.05, 0.1) is 24.3 Å². The van der Waals surface area contributed by atoms with Crippen LogP contribution in [-0.4, -0.2) is 43.2 Å². The van der Waals surface area contributed by atoms with E-state index >= 15 is 0 Å². The molecule has 0 radical (unpaired) electrons. The third-order valence-corrected chi connectivity index (χ3v) is 3.64. The molecule has 0 saturated carbocycles. The van der Waals surface area contributed by atoms with Gasteiger partial charge in [-0.05, 0) is 25.5 Å². The predicted octanol–water partition coefficient (Wildman–Crippen LogP) is 1.25. The zero-order valence-corrected chi connectivity index (χ0v) is 11.9. The molecule has 2 rings (SSSR count). The lowest BCUT2D eigenvalue weighted by atomic mass is 10.0. The normalized spacial score (nSPS) is 21.1. The Morgan fingerprint density at radius 1 is 1.50 bits per heavy atom. The summed E-state index contributed by atoms with van der Waals surface area (Å²) in [7, 11) is 1.82. The van der Waals surface area contributed by atoms with Crippen molar-refractivity contribution >= 4 is 5.91 Å². The van der Waals surface area contributed by atoms with E-state index in [1.165, 1.54) is 0 Å². The Kier molecular flexibility index (Phi) is 4.78. The zero-order chi connectivity index (χ0) is 14.5. The SMILES string of the molecule is CC1OCCC1N(C)C(=O)c1ccccc1C#CCN. The van der Waals surface area contributed by atoms with Crippen LogP contribution in [0, 0.1) is 11.8 Å². The second-order valence-electron chi connectivity index (χ2n) is 4.90. The van der Waals surface area contributed by atoms with Gasteiger partial charge in [0.2, 0.25) is 0 Å². The van der Waals surface area contributed by atoms with Crippen molar-refractivity contribution in [2.24, 2.45) is 5.73 Å². The molecule has 20 heavy (non-hydrogen) atoms. The van der Waals surface area contributed by atoms with Crippen LogP contribution in [-0.2, 0) is 4.74 Å². The molecule has 0 aliphatic carbocycles. The Balaban J connectivity index is 2.24. The summed E-state index contributed by atoms with van der Waals surface area (Å²) >= 11 is 0. The molecular formula is C16H20N2O2. The Morgan fingerprint density at radius 2 is 2.25 bits per heavy atom. The minimum absolute atomic E-state index is 0.0192. The van der Waals surface area contributed by atoms with Crippen LogP contribution in [0.2, 0.25) is 0 Å². The molecule has 0 spiro atoms. The lowest BCUT2D eigenvalue weighted by molar-refractivity contribution is 0.0574. The molecule has 1 heterocycles. The fourth-order valence-corrected chi connectivity index (χ4v) is 2.49. The van der Waals surface area contributed by atoms with Crippen LogP contribution in [0.15, 0.2) is 24.3 Å². The molecule has 0 aromatic heterocycles. The van der Waals surface area contributed by atoms with Gasteiger partial charge in [0.15, 0.2) is 0 Å². The molecule has 2 atom stereocenters. The summed E-state index contributed by atoms with van der Waals surface area (Å²) in [6.45, 7) is 2.99. The first-order valence-electron chi connectivity index (χ1n) is 6.82. The average molecular weight is 272 g/mol. The number of amides is 1. The zero-order valence-electron chi connectivity index (χ0n) is 11.9. The Bertz CT molecular complexity index is 545. The molecule has 4 nitrogen and oxygen atoms in total. The maximum absolute atomic E-state index is 12.6. The number of nitrogens with two attached hydrogens (primary N) is 1. The number of hydrogen-bond acceptors (Lipinski definition) is 3. The van der Waals surface area contributed by atoms with Crippen molar-refractivity contribution in [2.75, 3.05) is 20.2 Å². The van der Waals surface area contributed by atoms with Gasteiger partial charge in [0, 0.05) is 19.2 Å². The number of hydrogen-bond donors (Lipinski definition) is 1. The van der Waals surface area contributed by atoms with Gasteiger partial charge >= 0.3 is 0 Å². The third-order valence-electron chi connectivity index (χ3n) is 3.64. The van der Waals surface area contributed by atoms with Crippen molar-refractivity contribution in [3.63, 3.8) is 0 Å². The molecule has 1 aromatic rings. The standard InChI is InChI=1S/C16H20N2O2/c1-12-15(9-11-20-12)18(2)16(19)14-8-4-3-6-13(14)7-5-10-17/h3-4,6,8,12,15H,9-11,17H2,1-2H3. The molecule has 1 aromatic carbocycles. The van der Waals surface area contributed by atoms with Crippen LogP contribution < -0.4 is 5.73 Å². The van der Waals surface area contributed by atoms with E-state index in [9.17, 15) is 4.79 Å². The smallest absolute Gasteiger partial charge is 0.255 e. The van der Waals surface area contributed by atoms with Gasteiger partial charge in [-0.3, -0.25) is 4.79 Å². The van der Waals surface area contributed by atoms with E-state index < -0.39 is 0 Å². The molecule has 1 fully saturated rings. The molecular weight excluding hydrogens is 252 g/mol. The van der Waals surface area contributed by atoms with Crippen molar-refractivity contribution in [2.45, 2.75) is 25.5 Å².